The normalized spacial score (nSPS) is 10.3. The SMILES string of the molecule is Cc1ccc(-c2ccc(OCc3ccccc3)cc2)nc1. The average Bonchev–Trinajstić information content (AvgIpc) is 2.55. The summed E-state index contributed by atoms with van der Waals surface area (Å²) < 4.78 is 5.78. The summed E-state index contributed by atoms with van der Waals surface area (Å²) >= 11 is 0. The van der Waals surface area contributed by atoms with Crippen LogP contribution in [0.25, 0.3) is 11.3 Å². The third-order valence-electron chi connectivity index (χ3n) is 3.31. The molecule has 1 heterocycles. The molecule has 0 atom stereocenters. The summed E-state index contributed by atoms with van der Waals surface area (Å²) in [6, 6.07) is 22.3. The van der Waals surface area contributed by atoms with Gasteiger partial charge in [0.05, 0.1) is 5.69 Å². The minimum atomic E-state index is 0.586. The van der Waals surface area contributed by atoms with Crippen molar-refractivity contribution >= 4 is 0 Å². The number of hydrogen-bond donors (Lipinski definition) is 0. The predicted octanol–water partition coefficient (Wildman–Crippen LogP) is 4.64. The third kappa shape index (κ3) is 3.48. The number of hydrogen-bond acceptors (Lipinski definition) is 2. The van der Waals surface area contributed by atoms with Gasteiger partial charge in [0.25, 0.3) is 0 Å². The van der Waals surface area contributed by atoms with Crippen molar-refractivity contribution in [3.63, 3.8) is 0 Å². The first-order valence-corrected chi connectivity index (χ1v) is 7.01. The molecular formula is C19H17NO. The second-order valence-electron chi connectivity index (χ2n) is 5.02. The monoisotopic (exact) mass is 275 g/mol. The van der Waals surface area contributed by atoms with Crippen LogP contribution in [0.5, 0.6) is 5.75 Å². The molecule has 104 valence electrons. The molecule has 21 heavy (non-hydrogen) atoms. The molecule has 0 amide bonds. The largest absolute Gasteiger partial charge is 0.489 e. The Hall–Kier alpha value is -2.61. The summed E-state index contributed by atoms with van der Waals surface area (Å²) in [5.41, 5.74) is 4.42. The molecular weight excluding hydrogens is 258 g/mol. The Morgan fingerprint density at radius 3 is 2.29 bits per heavy atom. The maximum Gasteiger partial charge on any atom is 0.119 e. The Morgan fingerprint density at radius 2 is 1.62 bits per heavy atom. The Balaban J connectivity index is 1.68. The lowest BCUT2D eigenvalue weighted by Gasteiger charge is -2.07. The van der Waals surface area contributed by atoms with Crippen molar-refractivity contribution in [1.29, 1.82) is 0 Å². The molecule has 0 aliphatic rings. The number of pyridine rings is 1. The highest BCUT2D eigenvalue weighted by Crippen LogP contribution is 2.21. The number of aromatic nitrogens is 1. The fraction of sp³-hybridized carbons (Fsp3) is 0.105. The minimum absolute atomic E-state index is 0.586. The third-order valence-corrected chi connectivity index (χ3v) is 3.31. The molecule has 2 nitrogen and oxygen atoms in total. The molecule has 0 N–H and O–H groups in total. The van der Waals surface area contributed by atoms with E-state index in [4.69, 9.17) is 4.74 Å². The zero-order valence-corrected chi connectivity index (χ0v) is 12.0. The Morgan fingerprint density at radius 1 is 0.857 bits per heavy atom. The van der Waals surface area contributed by atoms with Crippen molar-refractivity contribution in [3.8, 4) is 17.0 Å². The Kier molecular flexibility index (Phi) is 3.97. The van der Waals surface area contributed by atoms with E-state index in [1.807, 2.05) is 61.7 Å². The minimum Gasteiger partial charge on any atom is -0.489 e. The number of aryl methyl sites for hydroxylation is 1. The van der Waals surface area contributed by atoms with E-state index in [2.05, 4.69) is 23.2 Å². The van der Waals surface area contributed by atoms with Crippen LogP contribution in [-0.4, -0.2) is 4.98 Å². The molecule has 0 aliphatic carbocycles. The van der Waals surface area contributed by atoms with Crippen LogP contribution in [0.1, 0.15) is 11.1 Å². The number of rotatable bonds is 4. The second kappa shape index (κ2) is 6.23. The average molecular weight is 275 g/mol. The van der Waals surface area contributed by atoms with Gasteiger partial charge in [-0.05, 0) is 48.4 Å². The molecule has 0 radical (unpaired) electrons. The van der Waals surface area contributed by atoms with Crippen LogP contribution in [0.2, 0.25) is 0 Å². The maximum atomic E-state index is 5.78. The Bertz CT molecular complexity index is 688. The lowest BCUT2D eigenvalue weighted by molar-refractivity contribution is 0.306. The van der Waals surface area contributed by atoms with E-state index in [0.717, 1.165) is 17.0 Å². The van der Waals surface area contributed by atoms with E-state index < -0.39 is 0 Å². The molecule has 0 unspecified atom stereocenters. The topological polar surface area (TPSA) is 22.1 Å². The smallest absolute Gasteiger partial charge is 0.119 e. The first-order chi connectivity index (χ1) is 10.3. The molecule has 2 heteroatoms. The summed E-state index contributed by atoms with van der Waals surface area (Å²) in [4.78, 5) is 4.43. The van der Waals surface area contributed by atoms with Gasteiger partial charge in [-0.15, -0.1) is 0 Å². The second-order valence-corrected chi connectivity index (χ2v) is 5.02. The summed E-state index contributed by atoms with van der Waals surface area (Å²) in [6.07, 6.45) is 1.88. The summed E-state index contributed by atoms with van der Waals surface area (Å²) in [5.74, 6) is 0.870. The van der Waals surface area contributed by atoms with Crippen LogP contribution in [0.15, 0.2) is 72.9 Å². The van der Waals surface area contributed by atoms with E-state index in [1.165, 1.54) is 11.1 Å². The van der Waals surface area contributed by atoms with Crippen molar-refractivity contribution in [1.82, 2.24) is 4.98 Å². The number of nitrogens with zero attached hydrogens (tertiary/aromatic N) is 1. The van der Waals surface area contributed by atoms with Gasteiger partial charge in [-0.25, -0.2) is 0 Å². The van der Waals surface area contributed by atoms with Gasteiger partial charge in [-0.1, -0.05) is 36.4 Å². The number of ether oxygens (including phenoxy) is 1. The van der Waals surface area contributed by atoms with E-state index in [1.54, 1.807) is 0 Å². The first-order valence-electron chi connectivity index (χ1n) is 7.01. The molecule has 0 saturated heterocycles. The van der Waals surface area contributed by atoms with Crippen LogP contribution in [0, 0.1) is 6.92 Å². The van der Waals surface area contributed by atoms with Gasteiger partial charge in [0.15, 0.2) is 0 Å². The lowest BCUT2D eigenvalue weighted by Crippen LogP contribution is -1.94. The van der Waals surface area contributed by atoms with E-state index >= 15 is 0 Å². The van der Waals surface area contributed by atoms with Crippen LogP contribution in [-0.2, 0) is 6.61 Å². The van der Waals surface area contributed by atoms with Crippen molar-refractivity contribution in [2.45, 2.75) is 13.5 Å². The van der Waals surface area contributed by atoms with Gasteiger partial charge in [0, 0.05) is 11.8 Å². The quantitative estimate of drug-likeness (QED) is 0.692. The zero-order valence-electron chi connectivity index (χ0n) is 12.0. The van der Waals surface area contributed by atoms with Crippen LogP contribution in [0.4, 0.5) is 0 Å². The first kappa shape index (κ1) is 13.4. The molecule has 0 bridgehead atoms. The molecule has 2 aromatic carbocycles. The highest BCUT2D eigenvalue weighted by molar-refractivity contribution is 5.60. The van der Waals surface area contributed by atoms with Gasteiger partial charge >= 0.3 is 0 Å². The number of benzene rings is 2. The summed E-state index contributed by atoms with van der Waals surface area (Å²) in [7, 11) is 0. The fourth-order valence-electron chi connectivity index (χ4n) is 2.10. The van der Waals surface area contributed by atoms with Gasteiger partial charge in [-0.2, -0.15) is 0 Å². The zero-order chi connectivity index (χ0) is 14.5. The fourth-order valence-corrected chi connectivity index (χ4v) is 2.10. The molecule has 3 rings (SSSR count). The molecule has 3 aromatic rings. The van der Waals surface area contributed by atoms with Crippen LogP contribution in [0.3, 0.4) is 0 Å². The van der Waals surface area contributed by atoms with Crippen LogP contribution < -0.4 is 4.74 Å². The molecule has 0 saturated carbocycles. The molecule has 0 fully saturated rings. The van der Waals surface area contributed by atoms with Crippen LogP contribution >= 0.6 is 0 Å². The molecule has 0 spiro atoms. The lowest BCUT2D eigenvalue weighted by atomic mass is 10.1. The van der Waals surface area contributed by atoms with Crippen molar-refractivity contribution < 1.29 is 4.74 Å². The summed E-state index contributed by atoms with van der Waals surface area (Å²) in [6.45, 7) is 2.63. The van der Waals surface area contributed by atoms with Gasteiger partial charge in [0.2, 0.25) is 0 Å². The van der Waals surface area contributed by atoms with E-state index in [0.29, 0.717) is 6.61 Å². The van der Waals surface area contributed by atoms with Gasteiger partial charge in [0.1, 0.15) is 12.4 Å². The van der Waals surface area contributed by atoms with Crippen molar-refractivity contribution in [2.24, 2.45) is 0 Å². The van der Waals surface area contributed by atoms with Crippen molar-refractivity contribution in [3.05, 3.63) is 84.1 Å². The molecule has 1 aromatic heterocycles. The maximum absolute atomic E-state index is 5.78. The summed E-state index contributed by atoms with van der Waals surface area (Å²) in [5, 5.41) is 0. The van der Waals surface area contributed by atoms with E-state index in [-0.39, 0.29) is 0 Å². The molecule has 0 aliphatic heterocycles. The Labute approximate surface area is 125 Å². The highest BCUT2D eigenvalue weighted by Gasteiger charge is 2.00. The standard InChI is InChI=1S/C19H17NO/c1-15-7-12-19(20-13-15)17-8-10-18(11-9-17)21-14-16-5-3-2-4-6-16/h2-13H,14H2,1H3. The van der Waals surface area contributed by atoms with Gasteiger partial charge < -0.3 is 4.74 Å². The van der Waals surface area contributed by atoms with Gasteiger partial charge in [-0.3, -0.25) is 4.98 Å². The highest BCUT2D eigenvalue weighted by atomic mass is 16.5. The van der Waals surface area contributed by atoms with Crippen molar-refractivity contribution in [2.75, 3.05) is 0 Å². The predicted molar refractivity (Wildman–Crippen MR) is 85.2 cm³/mol. The van der Waals surface area contributed by atoms with E-state index in [9.17, 15) is 0 Å².